The Balaban J connectivity index is 1.71. The van der Waals surface area contributed by atoms with Gasteiger partial charge in [0.1, 0.15) is 5.82 Å². The molecule has 1 aliphatic rings. The first-order valence-corrected chi connectivity index (χ1v) is 10.6. The van der Waals surface area contributed by atoms with E-state index in [9.17, 15) is 21.6 Å². The number of nitrogens with one attached hydrogen (secondary N) is 1. The Bertz CT molecular complexity index is 956. The summed E-state index contributed by atoms with van der Waals surface area (Å²) in [6, 6.07) is 5.41. The third kappa shape index (κ3) is 4.78. The van der Waals surface area contributed by atoms with Crippen molar-refractivity contribution in [2.75, 3.05) is 42.9 Å². The van der Waals surface area contributed by atoms with E-state index >= 15 is 0 Å². The van der Waals surface area contributed by atoms with Gasteiger partial charge in [0.2, 0.25) is 16.0 Å². The lowest BCUT2D eigenvalue weighted by Crippen LogP contribution is -2.49. The first-order valence-electron chi connectivity index (χ1n) is 9.13. The lowest BCUT2D eigenvalue weighted by molar-refractivity contribution is -0.137. The average Bonchev–Trinajstić information content (AvgIpc) is 2.67. The Morgan fingerprint density at radius 1 is 1.07 bits per heavy atom. The monoisotopic (exact) mass is 429 g/mol. The summed E-state index contributed by atoms with van der Waals surface area (Å²) in [5.41, 5.74) is -0.0809. The Labute approximate surface area is 167 Å². The van der Waals surface area contributed by atoms with Crippen molar-refractivity contribution in [3.05, 3.63) is 41.6 Å². The van der Waals surface area contributed by atoms with Crippen LogP contribution in [0.15, 0.2) is 35.2 Å². The van der Waals surface area contributed by atoms with E-state index in [2.05, 4.69) is 15.3 Å². The number of aromatic nitrogens is 2. The van der Waals surface area contributed by atoms with Crippen LogP contribution in [0, 0.1) is 6.92 Å². The second-order valence-corrected chi connectivity index (χ2v) is 8.57. The van der Waals surface area contributed by atoms with Gasteiger partial charge in [-0.25, -0.2) is 13.4 Å². The molecule has 0 atom stereocenters. The average molecular weight is 429 g/mol. The molecule has 0 amide bonds. The molecule has 1 aliphatic heterocycles. The lowest BCUT2D eigenvalue weighted by atomic mass is 10.2. The van der Waals surface area contributed by atoms with Crippen molar-refractivity contribution in [2.45, 2.75) is 24.9 Å². The second-order valence-electron chi connectivity index (χ2n) is 6.63. The number of hydrogen-bond donors (Lipinski definition) is 1. The van der Waals surface area contributed by atoms with E-state index in [1.54, 1.807) is 0 Å². The minimum absolute atomic E-state index is 0.147. The molecule has 1 aromatic carbocycles. The van der Waals surface area contributed by atoms with Crippen LogP contribution in [-0.4, -0.2) is 55.4 Å². The van der Waals surface area contributed by atoms with Crippen LogP contribution in [0.5, 0.6) is 0 Å². The van der Waals surface area contributed by atoms with E-state index in [1.807, 2.05) is 24.8 Å². The molecule has 0 unspecified atom stereocenters. The number of piperazine rings is 1. The van der Waals surface area contributed by atoms with E-state index in [-0.39, 0.29) is 18.0 Å². The zero-order chi connectivity index (χ0) is 21.2. The number of alkyl halides is 3. The molecule has 0 saturated carbocycles. The highest BCUT2D eigenvalue weighted by atomic mass is 32.2. The molecule has 0 aliphatic carbocycles. The number of rotatable bonds is 5. The summed E-state index contributed by atoms with van der Waals surface area (Å²) in [5, 5.41) is 3.06. The maximum Gasteiger partial charge on any atom is 0.416 e. The van der Waals surface area contributed by atoms with E-state index in [0.717, 1.165) is 30.0 Å². The predicted molar refractivity (Wildman–Crippen MR) is 103 cm³/mol. The van der Waals surface area contributed by atoms with Crippen LogP contribution in [0.25, 0.3) is 0 Å². The molecule has 1 aromatic heterocycles. The van der Waals surface area contributed by atoms with Gasteiger partial charge in [-0.2, -0.15) is 22.5 Å². The number of halogens is 3. The highest BCUT2D eigenvalue weighted by molar-refractivity contribution is 7.89. The minimum Gasteiger partial charge on any atom is -0.354 e. The largest absolute Gasteiger partial charge is 0.416 e. The summed E-state index contributed by atoms with van der Waals surface area (Å²) < 4.78 is 64.9. The van der Waals surface area contributed by atoms with Crippen LogP contribution < -0.4 is 10.2 Å². The Kier molecular flexibility index (Phi) is 5.99. The fraction of sp³-hybridized carbons (Fsp3) is 0.444. The van der Waals surface area contributed by atoms with Crippen LogP contribution in [0.1, 0.15) is 18.2 Å². The summed E-state index contributed by atoms with van der Waals surface area (Å²) in [7, 11) is -3.86. The maximum absolute atomic E-state index is 12.8. The van der Waals surface area contributed by atoms with Crippen LogP contribution in [0.3, 0.4) is 0 Å². The Morgan fingerprint density at radius 3 is 2.24 bits per heavy atom. The maximum atomic E-state index is 12.8. The summed E-state index contributed by atoms with van der Waals surface area (Å²) >= 11 is 0. The van der Waals surface area contributed by atoms with Gasteiger partial charge >= 0.3 is 6.18 Å². The standard InChI is InChI=1S/C18H22F3N5O2S/c1-3-22-17-23-13(2)12-16(24-17)25-8-10-26(11-9-25)29(27,28)15-6-4-14(5-7-15)18(19,20)21/h4-7,12H,3,8-11H2,1-2H3,(H,22,23,24). The summed E-state index contributed by atoms with van der Waals surface area (Å²) in [5.74, 6) is 1.22. The zero-order valence-corrected chi connectivity index (χ0v) is 16.9. The topological polar surface area (TPSA) is 78.4 Å². The second kappa shape index (κ2) is 8.15. The van der Waals surface area contributed by atoms with Gasteiger partial charge in [0, 0.05) is 44.5 Å². The molecular weight excluding hydrogens is 407 g/mol. The van der Waals surface area contributed by atoms with E-state index < -0.39 is 21.8 Å². The molecule has 2 aromatic rings. The molecule has 1 N–H and O–H groups in total. The third-order valence-corrected chi connectivity index (χ3v) is 6.47. The molecule has 3 rings (SSSR count). The van der Waals surface area contributed by atoms with E-state index in [1.165, 1.54) is 4.31 Å². The highest BCUT2D eigenvalue weighted by Crippen LogP contribution is 2.30. The van der Waals surface area contributed by atoms with Crippen molar-refractivity contribution in [3.8, 4) is 0 Å². The van der Waals surface area contributed by atoms with Crippen LogP contribution in [0.2, 0.25) is 0 Å². The van der Waals surface area contributed by atoms with Crippen molar-refractivity contribution < 1.29 is 21.6 Å². The number of hydrogen-bond acceptors (Lipinski definition) is 6. The van der Waals surface area contributed by atoms with Crippen LogP contribution in [-0.2, 0) is 16.2 Å². The summed E-state index contributed by atoms with van der Waals surface area (Å²) in [6.07, 6.45) is -4.50. The van der Waals surface area contributed by atoms with Gasteiger partial charge in [-0.05, 0) is 38.1 Å². The lowest BCUT2D eigenvalue weighted by Gasteiger charge is -2.34. The van der Waals surface area contributed by atoms with Gasteiger partial charge in [-0.1, -0.05) is 0 Å². The zero-order valence-electron chi connectivity index (χ0n) is 16.1. The summed E-state index contributed by atoms with van der Waals surface area (Å²) in [6.45, 7) is 5.74. The van der Waals surface area contributed by atoms with Gasteiger partial charge in [0.15, 0.2) is 0 Å². The van der Waals surface area contributed by atoms with Crippen molar-refractivity contribution in [1.29, 1.82) is 0 Å². The van der Waals surface area contributed by atoms with Crippen molar-refractivity contribution in [1.82, 2.24) is 14.3 Å². The highest BCUT2D eigenvalue weighted by Gasteiger charge is 2.32. The molecule has 2 heterocycles. The number of sulfonamides is 1. The van der Waals surface area contributed by atoms with Gasteiger partial charge in [-0.3, -0.25) is 0 Å². The molecule has 1 saturated heterocycles. The predicted octanol–water partition coefficient (Wildman–Crippen LogP) is 2.75. The number of anilines is 2. The first-order chi connectivity index (χ1) is 13.6. The van der Waals surface area contributed by atoms with Crippen molar-refractivity contribution in [3.63, 3.8) is 0 Å². The number of benzene rings is 1. The molecule has 158 valence electrons. The van der Waals surface area contributed by atoms with Gasteiger partial charge in [0.25, 0.3) is 0 Å². The van der Waals surface area contributed by atoms with Gasteiger partial charge < -0.3 is 10.2 Å². The quantitative estimate of drug-likeness (QED) is 0.788. The first kappa shape index (κ1) is 21.3. The molecule has 0 radical (unpaired) electrons. The molecule has 7 nitrogen and oxygen atoms in total. The fourth-order valence-electron chi connectivity index (χ4n) is 3.07. The molecule has 11 heteroatoms. The van der Waals surface area contributed by atoms with Crippen molar-refractivity contribution in [2.24, 2.45) is 0 Å². The van der Waals surface area contributed by atoms with E-state index in [0.29, 0.717) is 31.4 Å². The third-order valence-electron chi connectivity index (χ3n) is 4.56. The smallest absolute Gasteiger partial charge is 0.354 e. The molecule has 0 bridgehead atoms. The van der Waals surface area contributed by atoms with E-state index in [4.69, 9.17) is 0 Å². The SMILES string of the molecule is CCNc1nc(C)cc(N2CCN(S(=O)(=O)c3ccc(C(F)(F)F)cc3)CC2)n1. The molecule has 0 spiro atoms. The number of nitrogens with zero attached hydrogens (tertiary/aromatic N) is 4. The van der Waals surface area contributed by atoms with Gasteiger partial charge in [-0.15, -0.1) is 0 Å². The fourth-order valence-corrected chi connectivity index (χ4v) is 4.50. The normalized spacial score (nSPS) is 16.1. The van der Waals surface area contributed by atoms with Crippen molar-refractivity contribution >= 4 is 21.8 Å². The molecule has 1 fully saturated rings. The summed E-state index contributed by atoms with van der Waals surface area (Å²) in [4.78, 5) is 10.6. The molecular formula is C18H22F3N5O2S. The van der Waals surface area contributed by atoms with Crippen LogP contribution >= 0.6 is 0 Å². The van der Waals surface area contributed by atoms with Gasteiger partial charge in [0.05, 0.1) is 10.5 Å². The number of aryl methyl sites for hydroxylation is 1. The Hall–Kier alpha value is -2.40. The Morgan fingerprint density at radius 2 is 1.69 bits per heavy atom. The minimum atomic E-state index is -4.50. The molecule has 29 heavy (non-hydrogen) atoms. The van der Waals surface area contributed by atoms with Crippen LogP contribution in [0.4, 0.5) is 24.9 Å².